The lowest BCUT2D eigenvalue weighted by Gasteiger charge is -2.08. The number of nitrogens with one attached hydrogen (secondary N) is 1. The summed E-state index contributed by atoms with van der Waals surface area (Å²) in [6, 6.07) is 22.0. The average Bonchev–Trinajstić information content (AvgIpc) is 3.11. The first-order valence-electron chi connectivity index (χ1n) is 8.33. The van der Waals surface area contributed by atoms with Crippen LogP contribution >= 0.6 is 11.6 Å². The van der Waals surface area contributed by atoms with Gasteiger partial charge in [-0.3, -0.25) is 4.57 Å². The molecule has 26 heavy (non-hydrogen) atoms. The van der Waals surface area contributed by atoms with E-state index >= 15 is 0 Å². The fourth-order valence-electron chi connectivity index (χ4n) is 2.88. The molecule has 0 atom stereocenters. The third kappa shape index (κ3) is 3.37. The van der Waals surface area contributed by atoms with Gasteiger partial charge in [0, 0.05) is 22.9 Å². The Morgan fingerprint density at radius 1 is 1.00 bits per heavy atom. The second-order valence-corrected chi connectivity index (χ2v) is 6.43. The van der Waals surface area contributed by atoms with E-state index in [-0.39, 0.29) is 0 Å². The molecular weight excluding hydrogens is 346 g/mol. The first-order valence-corrected chi connectivity index (χ1v) is 8.70. The number of anilines is 1. The van der Waals surface area contributed by atoms with Crippen molar-refractivity contribution in [3.8, 4) is 11.4 Å². The molecule has 0 saturated heterocycles. The zero-order valence-electron chi connectivity index (χ0n) is 14.3. The number of hydrogen-bond acceptors (Lipinski definition) is 3. The van der Waals surface area contributed by atoms with Gasteiger partial charge in [0.2, 0.25) is 0 Å². The van der Waals surface area contributed by atoms with Crippen LogP contribution in [0.25, 0.3) is 16.7 Å². The number of nitrogens with zero attached hydrogens (tertiary/aromatic N) is 2. The summed E-state index contributed by atoms with van der Waals surface area (Å²) in [5.74, 6) is 0.840. The van der Waals surface area contributed by atoms with Crippen LogP contribution in [-0.2, 0) is 6.54 Å². The molecule has 4 rings (SSSR count). The second-order valence-electron chi connectivity index (χ2n) is 6.00. The van der Waals surface area contributed by atoms with Gasteiger partial charge >= 0.3 is 0 Å². The SMILES string of the molecule is COc1ccc(-n2cnc3cc(NCc4ccc(Cl)cc4)ccc32)cc1. The number of hydrogen-bond donors (Lipinski definition) is 1. The van der Waals surface area contributed by atoms with Crippen molar-refractivity contribution in [2.45, 2.75) is 6.54 Å². The standard InChI is InChI=1S/C21H18ClN3O/c1-26-19-9-7-18(8-10-19)25-14-24-20-12-17(6-11-21(20)25)23-13-15-2-4-16(22)5-3-15/h2-12,14,23H,13H2,1H3. The van der Waals surface area contributed by atoms with Crippen LogP contribution in [0.1, 0.15) is 5.56 Å². The van der Waals surface area contributed by atoms with Gasteiger partial charge in [-0.15, -0.1) is 0 Å². The predicted octanol–water partition coefficient (Wildman–Crippen LogP) is 5.30. The molecule has 0 spiro atoms. The average molecular weight is 364 g/mol. The van der Waals surface area contributed by atoms with Gasteiger partial charge in [0.1, 0.15) is 12.1 Å². The minimum Gasteiger partial charge on any atom is -0.497 e. The Balaban J connectivity index is 1.55. The van der Waals surface area contributed by atoms with Gasteiger partial charge in [-0.1, -0.05) is 23.7 Å². The lowest BCUT2D eigenvalue weighted by atomic mass is 10.2. The van der Waals surface area contributed by atoms with E-state index in [0.29, 0.717) is 0 Å². The summed E-state index contributed by atoms with van der Waals surface area (Å²) >= 11 is 5.93. The molecule has 5 heteroatoms. The summed E-state index contributed by atoms with van der Waals surface area (Å²) < 4.78 is 7.29. The van der Waals surface area contributed by atoms with Crippen LogP contribution in [0.4, 0.5) is 5.69 Å². The molecule has 3 aromatic carbocycles. The van der Waals surface area contributed by atoms with Gasteiger partial charge < -0.3 is 10.1 Å². The maximum absolute atomic E-state index is 5.93. The molecule has 0 amide bonds. The number of imidazole rings is 1. The van der Waals surface area contributed by atoms with Gasteiger partial charge in [-0.25, -0.2) is 4.98 Å². The van der Waals surface area contributed by atoms with E-state index in [1.807, 2.05) is 54.9 Å². The molecule has 0 bridgehead atoms. The van der Waals surface area contributed by atoms with E-state index in [1.165, 1.54) is 5.56 Å². The molecule has 0 fully saturated rings. The summed E-state index contributed by atoms with van der Waals surface area (Å²) in [6.45, 7) is 0.738. The highest BCUT2D eigenvalue weighted by Crippen LogP contribution is 2.23. The van der Waals surface area contributed by atoms with Crippen molar-refractivity contribution >= 4 is 28.3 Å². The Bertz CT molecular complexity index is 1020. The number of halogens is 1. The fourth-order valence-corrected chi connectivity index (χ4v) is 3.00. The third-order valence-corrected chi connectivity index (χ3v) is 4.56. The van der Waals surface area contributed by atoms with Crippen molar-refractivity contribution in [2.75, 3.05) is 12.4 Å². The van der Waals surface area contributed by atoms with E-state index in [4.69, 9.17) is 16.3 Å². The highest BCUT2D eigenvalue weighted by molar-refractivity contribution is 6.30. The van der Waals surface area contributed by atoms with Crippen LogP contribution in [0.3, 0.4) is 0 Å². The highest BCUT2D eigenvalue weighted by Gasteiger charge is 2.06. The summed E-state index contributed by atoms with van der Waals surface area (Å²) in [4.78, 5) is 4.54. The Morgan fingerprint density at radius 3 is 2.50 bits per heavy atom. The second kappa shape index (κ2) is 7.10. The van der Waals surface area contributed by atoms with Gasteiger partial charge in [0.05, 0.1) is 18.1 Å². The van der Waals surface area contributed by atoms with Crippen LogP contribution in [0.15, 0.2) is 73.1 Å². The van der Waals surface area contributed by atoms with Crippen LogP contribution < -0.4 is 10.1 Å². The van der Waals surface area contributed by atoms with Crippen molar-refractivity contribution in [1.29, 1.82) is 0 Å². The summed E-state index contributed by atoms with van der Waals surface area (Å²) in [5, 5.41) is 4.18. The Labute approximate surface area is 157 Å². The third-order valence-electron chi connectivity index (χ3n) is 4.31. The normalized spacial score (nSPS) is 10.8. The Morgan fingerprint density at radius 2 is 1.77 bits per heavy atom. The van der Waals surface area contributed by atoms with Gasteiger partial charge in [0.25, 0.3) is 0 Å². The summed E-state index contributed by atoms with van der Waals surface area (Å²) in [7, 11) is 1.67. The Hall–Kier alpha value is -2.98. The number of benzene rings is 3. The smallest absolute Gasteiger partial charge is 0.119 e. The number of rotatable bonds is 5. The molecule has 0 unspecified atom stereocenters. The lowest BCUT2D eigenvalue weighted by Crippen LogP contribution is -1.99. The quantitative estimate of drug-likeness (QED) is 0.523. The molecule has 1 aromatic heterocycles. The monoisotopic (exact) mass is 363 g/mol. The molecule has 4 nitrogen and oxygen atoms in total. The largest absolute Gasteiger partial charge is 0.497 e. The molecule has 0 aliphatic heterocycles. The van der Waals surface area contributed by atoms with Crippen LogP contribution in [-0.4, -0.2) is 16.7 Å². The van der Waals surface area contributed by atoms with E-state index in [9.17, 15) is 0 Å². The first kappa shape index (κ1) is 16.5. The number of ether oxygens (including phenoxy) is 1. The number of aromatic nitrogens is 2. The Kier molecular flexibility index (Phi) is 4.50. The molecule has 1 heterocycles. The lowest BCUT2D eigenvalue weighted by molar-refractivity contribution is 0.415. The van der Waals surface area contributed by atoms with Crippen LogP contribution in [0.2, 0.25) is 5.02 Å². The predicted molar refractivity (Wildman–Crippen MR) is 106 cm³/mol. The van der Waals surface area contributed by atoms with Gasteiger partial charge in [-0.05, 0) is 60.2 Å². The molecule has 130 valence electrons. The van der Waals surface area contributed by atoms with Crippen LogP contribution in [0, 0.1) is 0 Å². The minimum atomic E-state index is 0.738. The van der Waals surface area contributed by atoms with E-state index in [0.717, 1.165) is 39.7 Å². The minimum absolute atomic E-state index is 0.738. The maximum Gasteiger partial charge on any atom is 0.119 e. The molecule has 0 aliphatic rings. The summed E-state index contributed by atoms with van der Waals surface area (Å²) in [5.41, 5.74) is 5.27. The number of fused-ring (bicyclic) bond motifs is 1. The van der Waals surface area contributed by atoms with Gasteiger partial charge in [0.15, 0.2) is 0 Å². The van der Waals surface area contributed by atoms with Crippen LogP contribution in [0.5, 0.6) is 5.75 Å². The summed E-state index contributed by atoms with van der Waals surface area (Å²) in [6.07, 6.45) is 1.84. The maximum atomic E-state index is 5.93. The highest BCUT2D eigenvalue weighted by atomic mass is 35.5. The van der Waals surface area contributed by atoms with Crippen molar-refractivity contribution in [3.05, 3.63) is 83.6 Å². The van der Waals surface area contributed by atoms with E-state index in [2.05, 4.69) is 33.1 Å². The molecule has 0 radical (unpaired) electrons. The van der Waals surface area contributed by atoms with Crippen molar-refractivity contribution in [1.82, 2.24) is 9.55 Å². The molecule has 0 saturated carbocycles. The fraction of sp³-hybridized carbons (Fsp3) is 0.0952. The zero-order chi connectivity index (χ0) is 17.9. The van der Waals surface area contributed by atoms with E-state index in [1.54, 1.807) is 7.11 Å². The molecule has 0 aliphatic carbocycles. The van der Waals surface area contributed by atoms with E-state index < -0.39 is 0 Å². The number of methoxy groups -OCH3 is 1. The first-order chi connectivity index (χ1) is 12.7. The van der Waals surface area contributed by atoms with Crippen molar-refractivity contribution in [2.24, 2.45) is 0 Å². The molecular formula is C21H18ClN3O. The zero-order valence-corrected chi connectivity index (χ0v) is 15.1. The molecule has 4 aromatic rings. The topological polar surface area (TPSA) is 39.1 Å². The van der Waals surface area contributed by atoms with Crippen molar-refractivity contribution in [3.63, 3.8) is 0 Å². The van der Waals surface area contributed by atoms with Crippen molar-refractivity contribution < 1.29 is 4.74 Å². The van der Waals surface area contributed by atoms with Gasteiger partial charge in [-0.2, -0.15) is 0 Å². The molecule has 1 N–H and O–H groups in total.